The number of amides is 1. The van der Waals surface area contributed by atoms with Crippen molar-refractivity contribution in [2.24, 2.45) is 0 Å². The maximum Gasteiger partial charge on any atom is 0.226 e. The second kappa shape index (κ2) is 10.9. The molecule has 188 valence electrons. The number of nitrogens with one attached hydrogen (secondary N) is 2. The van der Waals surface area contributed by atoms with E-state index in [0.717, 1.165) is 44.1 Å². The summed E-state index contributed by atoms with van der Waals surface area (Å²) >= 11 is 9.40. The predicted molar refractivity (Wildman–Crippen MR) is 153 cm³/mol. The number of furan rings is 1. The first-order chi connectivity index (χ1) is 17.9. The Morgan fingerprint density at radius 1 is 1.08 bits per heavy atom. The van der Waals surface area contributed by atoms with E-state index in [1.165, 1.54) is 0 Å². The van der Waals surface area contributed by atoms with Gasteiger partial charge in [0.25, 0.3) is 0 Å². The van der Waals surface area contributed by atoms with Gasteiger partial charge in [-0.05, 0) is 85.7 Å². The zero-order chi connectivity index (χ0) is 25.9. The van der Waals surface area contributed by atoms with Crippen molar-refractivity contribution < 1.29 is 9.21 Å². The maximum atomic E-state index is 12.8. The molecule has 0 bridgehead atoms. The second-order valence-electron chi connectivity index (χ2n) is 9.17. The van der Waals surface area contributed by atoms with E-state index in [1.807, 2.05) is 72.5 Å². The van der Waals surface area contributed by atoms with Crippen molar-refractivity contribution in [1.29, 1.82) is 0 Å². The molecule has 5 rings (SSSR count). The average molecular weight is 576 g/mol. The topological polar surface area (TPSA) is 70.4 Å². The molecule has 1 aliphatic heterocycles. The van der Waals surface area contributed by atoms with Crippen LogP contribution in [0.2, 0.25) is 0 Å². The molecule has 0 saturated carbocycles. The highest BCUT2D eigenvalue weighted by Crippen LogP contribution is 2.41. The Labute approximate surface area is 230 Å². The molecule has 4 aromatic rings. The number of rotatable bonds is 7. The summed E-state index contributed by atoms with van der Waals surface area (Å²) in [6.07, 6.45) is 2.05. The lowest BCUT2D eigenvalue weighted by atomic mass is 10.0. The lowest BCUT2D eigenvalue weighted by molar-refractivity contribution is -0.116. The number of nitrogens with zero attached hydrogens (tertiary/aromatic N) is 2. The van der Waals surface area contributed by atoms with Gasteiger partial charge in [0.05, 0.1) is 11.7 Å². The Balaban J connectivity index is 1.41. The highest BCUT2D eigenvalue weighted by molar-refractivity contribution is 9.10. The number of hydrogen-bond donors (Lipinski definition) is 2. The van der Waals surface area contributed by atoms with E-state index in [2.05, 4.69) is 50.6 Å². The number of carbonyl (C=O) groups is 1. The molecule has 2 N–H and O–H groups in total. The number of benzene rings is 2. The van der Waals surface area contributed by atoms with Crippen LogP contribution in [0.15, 0.2) is 87.9 Å². The van der Waals surface area contributed by atoms with Crippen LogP contribution in [0.3, 0.4) is 0 Å². The first-order valence-corrected chi connectivity index (χ1v) is 13.3. The number of halogens is 1. The molecule has 0 unspecified atom stereocenters. The molecule has 0 radical (unpaired) electrons. The van der Waals surface area contributed by atoms with Gasteiger partial charge in [0.2, 0.25) is 5.91 Å². The van der Waals surface area contributed by atoms with E-state index in [4.69, 9.17) is 16.6 Å². The van der Waals surface area contributed by atoms with Gasteiger partial charge in [-0.3, -0.25) is 9.78 Å². The van der Waals surface area contributed by atoms with Crippen molar-refractivity contribution in [3.05, 3.63) is 106 Å². The van der Waals surface area contributed by atoms with Gasteiger partial charge in [-0.25, -0.2) is 0 Å². The zero-order valence-electron chi connectivity index (χ0n) is 20.6. The van der Waals surface area contributed by atoms with Gasteiger partial charge in [0, 0.05) is 34.9 Å². The van der Waals surface area contributed by atoms with E-state index >= 15 is 0 Å². The van der Waals surface area contributed by atoms with Gasteiger partial charge < -0.3 is 20.0 Å². The lowest BCUT2D eigenvalue weighted by Gasteiger charge is -2.25. The van der Waals surface area contributed by atoms with Gasteiger partial charge in [-0.15, -0.1) is 0 Å². The Bertz CT molecular complexity index is 1440. The van der Waals surface area contributed by atoms with E-state index < -0.39 is 0 Å². The van der Waals surface area contributed by atoms with Crippen LogP contribution in [0.4, 0.5) is 5.69 Å². The zero-order valence-corrected chi connectivity index (χ0v) is 23.0. The van der Waals surface area contributed by atoms with Crippen molar-refractivity contribution >= 4 is 44.9 Å². The number of anilines is 1. The number of hydrogen-bond acceptors (Lipinski definition) is 4. The van der Waals surface area contributed by atoms with Crippen LogP contribution in [-0.4, -0.2) is 27.4 Å². The van der Waals surface area contributed by atoms with E-state index in [1.54, 1.807) is 6.20 Å². The molecule has 2 aromatic heterocycles. The van der Waals surface area contributed by atoms with Gasteiger partial charge in [-0.2, -0.15) is 0 Å². The molecule has 1 aliphatic rings. The highest BCUT2D eigenvalue weighted by atomic mass is 79.9. The van der Waals surface area contributed by atoms with Crippen LogP contribution in [-0.2, 0) is 4.79 Å². The summed E-state index contributed by atoms with van der Waals surface area (Å²) in [5.41, 5.74) is 4.88. The first-order valence-electron chi connectivity index (χ1n) is 12.1. The third-order valence-electron chi connectivity index (χ3n) is 6.39. The molecule has 37 heavy (non-hydrogen) atoms. The van der Waals surface area contributed by atoms with Gasteiger partial charge >= 0.3 is 0 Å². The number of thiocarbonyl (C=S) groups is 1. The Morgan fingerprint density at radius 3 is 2.68 bits per heavy atom. The third-order valence-corrected chi connectivity index (χ3v) is 7.40. The molecule has 8 heteroatoms. The molecular weight excluding hydrogens is 548 g/mol. The summed E-state index contributed by atoms with van der Waals surface area (Å²) in [5, 5.41) is 6.96. The fourth-order valence-electron chi connectivity index (χ4n) is 4.60. The van der Waals surface area contributed by atoms with E-state index in [9.17, 15) is 4.79 Å². The average Bonchev–Trinajstić information content (AvgIpc) is 3.47. The summed E-state index contributed by atoms with van der Waals surface area (Å²) in [7, 11) is 0. The van der Waals surface area contributed by atoms with Crippen LogP contribution in [0.1, 0.15) is 41.1 Å². The molecule has 6 nitrogen and oxygen atoms in total. The van der Waals surface area contributed by atoms with Crippen LogP contribution < -0.4 is 10.6 Å². The van der Waals surface area contributed by atoms with Crippen molar-refractivity contribution in [1.82, 2.24) is 15.2 Å². The maximum absolute atomic E-state index is 12.8. The Hall–Kier alpha value is -3.49. The summed E-state index contributed by atoms with van der Waals surface area (Å²) in [6, 6.07) is 23.3. The summed E-state index contributed by atoms with van der Waals surface area (Å²) in [4.78, 5) is 19.4. The molecule has 1 amide bonds. The predicted octanol–water partition coefficient (Wildman–Crippen LogP) is 6.72. The quantitative estimate of drug-likeness (QED) is 0.239. The summed E-state index contributed by atoms with van der Waals surface area (Å²) in [6.45, 7) is 4.48. The summed E-state index contributed by atoms with van der Waals surface area (Å²) < 4.78 is 7.39. The molecule has 0 spiro atoms. The molecule has 1 fully saturated rings. The SMILES string of the molecule is Cc1cccc(NC(=O)CCN2C(=S)N[C@H](c3ccccn3)[C@H]2c2ccc(-c3ccc(C)cc3Br)o2)c1. The van der Waals surface area contributed by atoms with Gasteiger partial charge in [-0.1, -0.05) is 40.2 Å². The van der Waals surface area contributed by atoms with Crippen LogP contribution >= 0.6 is 28.1 Å². The summed E-state index contributed by atoms with van der Waals surface area (Å²) in [5.74, 6) is 1.44. The Kier molecular flexibility index (Phi) is 7.39. The molecule has 1 saturated heterocycles. The normalized spacial score (nSPS) is 17.1. The van der Waals surface area contributed by atoms with Crippen molar-refractivity contribution in [3.8, 4) is 11.3 Å². The second-order valence-corrected chi connectivity index (χ2v) is 10.4. The fourth-order valence-corrected chi connectivity index (χ4v) is 5.62. The number of carbonyl (C=O) groups excluding carboxylic acids is 1. The molecule has 0 aliphatic carbocycles. The third kappa shape index (κ3) is 5.60. The van der Waals surface area contributed by atoms with E-state index in [-0.39, 0.29) is 24.4 Å². The van der Waals surface area contributed by atoms with E-state index in [0.29, 0.717) is 11.7 Å². The molecular formula is C29H27BrN4O2S. The molecule has 2 aromatic carbocycles. The monoisotopic (exact) mass is 574 g/mol. The van der Waals surface area contributed by atoms with Gasteiger partial charge in [0.15, 0.2) is 5.11 Å². The minimum Gasteiger partial charge on any atom is -0.459 e. The van der Waals surface area contributed by atoms with Crippen molar-refractivity contribution in [3.63, 3.8) is 0 Å². The van der Waals surface area contributed by atoms with Crippen LogP contribution in [0, 0.1) is 13.8 Å². The molecule has 3 heterocycles. The van der Waals surface area contributed by atoms with Crippen LogP contribution in [0.5, 0.6) is 0 Å². The lowest BCUT2D eigenvalue weighted by Crippen LogP contribution is -2.32. The smallest absolute Gasteiger partial charge is 0.226 e. The number of aryl methyl sites for hydroxylation is 2. The van der Waals surface area contributed by atoms with Crippen LogP contribution in [0.25, 0.3) is 11.3 Å². The largest absolute Gasteiger partial charge is 0.459 e. The number of aromatic nitrogens is 1. The van der Waals surface area contributed by atoms with Crippen molar-refractivity contribution in [2.75, 3.05) is 11.9 Å². The molecule has 2 atom stereocenters. The fraction of sp³-hybridized carbons (Fsp3) is 0.207. The minimum absolute atomic E-state index is 0.0721. The van der Waals surface area contributed by atoms with Gasteiger partial charge in [0.1, 0.15) is 17.6 Å². The number of pyridine rings is 1. The first kappa shape index (κ1) is 25.2. The highest BCUT2D eigenvalue weighted by Gasteiger charge is 2.41. The standard InChI is InChI=1S/C29H27BrN4O2S/c1-18-6-5-7-20(16-18)32-26(35)13-15-34-28(27(33-29(34)37)23-8-3-4-14-31-23)25-12-11-24(36-25)21-10-9-19(2)17-22(21)30/h3-12,14,16-17,27-28H,13,15H2,1-2H3,(H,32,35)(H,33,37)/t27-,28-/m1/s1. The van der Waals surface area contributed by atoms with Crippen molar-refractivity contribution in [2.45, 2.75) is 32.4 Å². The Morgan fingerprint density at radius 2 is 1.92 bits per heavy atom. The minimum atomic E-state index is -0.257.